The van der Waals surface area contributed by atoms with Crippen LogP contribution in [0.4, 0.5) is 0 Å². The normalized spacial score (nSPS) is 18.7. The van der Waals surface area contributed by atoms with E-state index in [2.05, 4.69) is 6.92 Å². The van der Waals surface area contributed by atoms with Crippen LogP contribution in [-0.4, -0.2) is 22.4 Å². The fraction of sp³-hybridized carbons (Fsp3) is 0.958. The summed E-state index contributed by atoms with van der Waals surface area (Å²) in [6, 6.07) is 0. The zero-order valence-corrected chi connectivity index (χ0v) is 19.2. The Hall–Kier alpha value is -0.100. The van der Waals surface area contributed by atoms with Gasteiger partial charge in [-0.1, -0.05) is 96.8 Å². The van der Waals surface area contributed by atoms with Crippen molar-refractivity contribution in [3.63, 3.8) is 0 Å². The van der Waals surface area contributed by atoms with Crippen molar-refractivity contribution < 1.29 is 9.90 Å². The predicted molar refractivity (Wildman–Crippen MR) is 122 cm³/mol. The van der Waals surface area contributed by atoms with Crippen LogP contribution in [-0.2, 0) is 4.79 Å². The Morgan fingerprint density at radius 3 is 1.52 bits per heavy atom. The van der Waals surface area contributed by atoms with Crippen LogP contribution in [0.1, 0.15) is 135 Å². The molecule has 2 aliphatic carbocycles. The van der Waals surface area contributed by atoms with Gasteiger partial charge in [0.2, 0.25) is 0 Å². The molecule has 2 nitrogen and oxygen atoms in total. The molecule has 2 rings (SSSR count). The lowest BCUT2D eigenvalue weighted by atomic mass is 10.00. The average molecular weight is 399 g/mol. The molecule has 160 valence electrons. The fourth-order valence-corrected chi connectivity index (χ4v) is 6.61. The molecule has 0 saturated heterocycles. The maximum Gasteiger partial charge on any atom is 0.303 e. The highest BCUT2D eigenvalue weighted by Gasteiger charge is 2.20. The second kappa shape index (κ2) is 18.0. The van der Waals surface area contributed by atoms with E-state index in [9.17, 15) is 4.79 Å². The standard InChI is InChI=1S/C12H24O2.C12H23P/c1-2-3-4-5-6-7-8-9-10-11-12(13)14;1-3-7-11(8-4-1)13-12-9-5-2-6-10-12/h2-11H2,1H3,(H,13,14);11-13H,1-10H2. The second-order valence-electron chi connectivity index (χ2n) is 8.81. The number of carboxylic acid groups (broad SMARTS) is 1. The van der Waals surface area contributed by atoms with Crippen molar-refractivity contribution in [2.75, 3.05) is 0 Å². The van der Waals surface area contributed by atoms with Crippen molar-refractivity contribution in [1.82, 2.24) is 0 Å². The van der Waals surface area contributed by atoms with Gasteiger partial charge in [-0.3, -0.25) is 4.79 Å². The number of aliphatic carboxylic acids is 1. The highest BCUT2D eigenvalue weighted by molar-refractivity contribution is 7.39. The zero-order valence-electron chi connectivity index (χ0n) is 18.2. The van der Waals surface area contributed by atoms with Gasteiger partial charge in [0.15, 0.2) is 0 Å². The minimum absolute atomic E-state index is 0.343. The molecule has 3 heteroatoms. The highest BCUT2D eigenvalue weighted by atomic mass is 31.1. The molecular formula is C24H47O2P. The average Bonchev–Trinajstić information content (AvgIpc) is 2.69. The Labute approximate surface area is 171 Å². The van der Waals surface area contributed by atoms with Crippen molar-refractivity contribution in [1.29, 1.82) is 0 Å². The van der Waals surface area contributed by atoms with E-state index in [1.165, 1.54) is 92.1 Å². The second-order valence-corrected chi connectivity index (χ2v) is 10.8. The minimum atomic E-state index is -0.659. The maximum absolute atomic E-state index is 10.2. The summed E-state index contributed by atoms with van der Waals surface area (Å²) in [6.45, 7) is 2.23. The molecule has 2 fully saturated rings. The molecule has 0 spiro atoms. The van der Waals surface area contributed by atoms with Crippen LogP contribution in [0, 0.1) is 0 Å². The molecule has 27 heavy (non-hydrogen) atoms. The first-order chi connectivity index (χ1) is 13.2. The van der Waals surface area contributed by atoms with Gasteiger partial charge >= 0.3 is 5.97 Å². The molecule has 2 saturated carbocycles. The molecule has 0 unspecified atom stereocenters. The van der Waals surface area contributed by atoms with Crippen molar-refractivity contribution in [3.8, 4) is 0 Å². The third-order valence-electron chi connectivity index (χ3n) is 6.18. The number of hydrogen-bond acceptors (Lipinski definition) is 1. The monoisotopic (exact) mass is 398 g/mol. The topological polar surface area (TPSA) is 37.3 Å². The summed E-state index contributed by atoms with van der Waals surface area (Å²) in [5, 5.41) is 8.41. The predicted octanol–water partition coefficient (Wildman–Crippen LogP) is 8.32. The number of carbonyl (C=O) groups is 1. The lowest BCUT2D eigenvalue weighted by Gasteiger charge is -2.28. The van der Waals surface area contributed by atoms with E-state index in [0.29, 0.717) is 6.42 Å². The Morgan fingerprint density at radius 2 is 1.11 bits per heavy atom. The molecule has 0 heterocycles. The summed E-state index contributed by atoms with van der Waals surface area (Å²) >= 11 is 0. The summed E-state index contributed by atoms with van der Waals surface area (Å²) in [5.74, 6) is -0.659. The van der Waals surface area contributed by atoms with Gasteiger partial charge in [-0.25, -0.2) is 0 Å². The van der Waals surface area contributed by atoms with Crippen molar-refractivity contribution in [2.45, 2.75) is 147 Å². The third-order valence-corrected chi connectivity index (χ3v) is 8.27. The van der Waals surface area contributed by atoms with E-state index >= 15 is 0 Å². The number of carboxylic acids is 1. The Bertz CT molecular complexity index is 317. The highest BCUT2D eigenvalue weighted by Crippen LogP contribution is 2.41. The molecular weight excluding hydrogens is 351 g/mol. The van der Waals surface area contributed by atoms with Crippen LogP contribution in [0.2, 0.25) is 0 Å². The van der Waals surface area contributed by atoms with Gasteiger partial charge in [0.1, 0.15) is 0 Å². The molecule has 0 aromatic heterocycles. The first-order valence-electron chi connectivity index (χ1n) is 12.2. The van der Waals surface area contributed by atoms with Crippen LogP contribution in [0.5, 0.6) is 0 Å². The van der Waals surface area contributed by atoms with Gasteiger partial charge < -0.3 is 5.11 Å². The summed E-state index contributed by atoms with van der Waals surface area (Å²) in [6.07, 6.45) is 26.9. The molecule has 0 radical (unpaired) electrons. The van der Waals surface area contributed by atoms with E-state index in [1.807, 2.05) is 0 Å². The number of hydrogen-bond donors (Lipinski definition) is 1. The largest absolute Gasteiger partial charge is 0.481 e. The van der Waals surface area contributed by atoms with Gasteiger partial charge in [-0.2, -0.15) is 0 Å². The molecule has 0 bridgehead atoms. The van der Waals surface area contributed by atoms with Gasteiger partial charge in [-0.15, -0.1) is 8.58 Å². The van der Waals surface area contributed by atoms with Crippen LogP contribution < -0.4 is 0 Å². The smallest absolute Gasteiger partial charge is 0.303 e. The lowest BCUT2D eigenvalue weighted by molar-refractivity contribution is -0.137. The Morgan fingerprint density at radius 1 is 0.704 bits per heavy atom. The molecule has 2 aliphatic rings. The van der Waals surface area contributed by atoms with E-state index in [1.54, 1.807) is 25.7 Å². The Balaban J connectivity index is 0.000000270. The first kappa shape index (κ1) is 24.9. The number of rotatable bonds is 12. The van der Waals surface area contributed by atoms with Crippen LogP contribution >= 0.6 is 8.58 Å². The summed E-state index contributed by atoms with van der Waals surface area (Å²) in [5.41, 5.74) is 2.30. The fourth-order valence-electron chi connectivity index (χ4n) is 4.46. The lowest BCUT2D eigenvalue weighted by Crippen LogP contribution is -2.14. The van der Waals surface area contributed by atoms with Crippen molar-refractivity contribution >= 4 is 14.6 Å². The Kier molecular flexibility index (Phi) is 16.6. The summed E-state index contributed by atoms with van der Waals surface area (Å²) in [4.78, 5) is 10.2. The summed E-state index contributed by atoms with van der Waals surface area (Å²) in [7, 11) is 1.33. The zero-order chi connectivity index (χ0) is 19.6. The van der Waals surface area contributed by atoms with Gasteiger partial charge in [0.25, 0.3) is 0 Å². The number of unbranched alkanes of at least 4 members (excludes halogenated alkanes) is 8. The maximum atomic E-state index is 10.2. The SMILES string of the molecule is C1CCC(PC2CCCCC2)CC1.CCCCCCCCCCCC(=O)O. The van der Waals surface area contributed by atoms with E-state index in [-0.39, 0.29) is 0 Å². The molecule has 0 amide bonds. The molecule has 0 aliphatic heterocycles. The van der Waals surface area contributed by atoms with Gasteiger partial charge in [0.05, 0.1) is 0 Å². The van der Waals surface area contributed by atoms with Gasteiger partial charge in [-0.05, 0) is 43.4 Å². The van der Waals surface area contributed by atoms with E-state index in [4.69, 9.17) is 5.11 Å². The molecule has 0 aromatic rings. The summed E-state index contributed by atoms with van der Waals surface area (Å²) < 4.78 is 0. The molecule has 0 aromatic carbocycles. The minimum Gasteiger partial charge on any atom is -0.481 e. The van der Waals surface area contributed by atoms with Crippen LogP contribution in [0.25, 0.3) is 0 Å². The van der Waals surface area contributed by atoms with Crippen LogP contribution in [0.15, 0.2) is 0 Å². The third kappa shape index (κ3) is 15.5. The van der Waals surface area contributed by atoms with Gasteiger partial charge in [0, 0.05) is 6.42 Å². The first-order valence-corrected chi connectivity index (χ1v) is 13.4. The van der Waals surface area contributed by atoms with E-state index in [0.717, 1.165) is 24.2 Å². The van der Waals surface area contributed by atoms with Crippen molar-refractivity contribution in [3.05, 3.63) is 0 Å². The molecule has 0 atom stereocenters. The van der Waals surface area contributed by atoms with E-state index < -0.39 is 5.97 Å². The quantitative estimate of drug-likeness (QED) is 0.265. The van der Waals surface area contributed by atoms with Crippen molar-refractivity contribution in [2.24, 2.45) is 0 Å². The molecule has 1 N–H and O–H groups in total. The van der Waals surface area contributed by atoms with Crippen LogP contribution in [0.3, 0.4) is 0 Å².